The Morgan fingerprint density at radius 1 is 0.724 bits per heavy atom. The molecule has 0 amide bonds. The summed E-state index contributed by atoms with van der Waals surface area (Å²) < 4.78 is 34.0. The van der Waals surface area contributed by atoms with Crippen LogP contribution in [0.2, 0.25) is 20.1 Å². The van der Waals surface area contributed by atoms with Gasteiger partial charge in [-0.1, -0.05) is 64.6 Å². The molecule has 0 aliphatic carbocycles. The molecule has 3 aromatic rings. The number of halogens is 4. The molecule has 0 saturated carbocycles. The molecule has 0 aromatic heterocycles. The second-order valence-electron chi connectivity index (χ2n) is 6.08. The molecule has 152 valence electrons. The van der Waals surface area contributed by atoms with Gasteiger partial charge in [-0.15, -0.1) is 0 Å². The minimum absolute atomic E-state index is 0.0555. The standard InChI is InChI=1S/C19H12Cl4O5S/c20-10-5-6-16(24)13(7-10)19(29(26,27)28,12-3-1-2-4-15(12)22)14-8-11(21)9-17(25)18(14)23/h1-9,24-25H,(H,26,27,28). The van der Waals surface area contributed by atoms with Crippen LogP contribution >= 0.6 is 46.4 Å². The predicted molar refractivity (Wildman–Crippen MR) is 114 cm³/mol. The Bertz CT molecular complexity index is 1210. The van der Waals surface area contributed by atoms with Gasteiger partial charge in [0.2, 0.25) is 0 Å². The molecule has 0 aliphatic rings. The summed E-state index contributed by atoms with van der Waals surface area (Å²) in [6, 6.07) is 11.7. The molecule has 0 aliphatic heterocycles. The summed E-state index contributed by atoms with van der Waals surface area (Å²) in [4.78, 5) is 0. The zero-order chi connectivity index (χ0) is 21.6. The van der Waals surface area contributed by atoms with Gasteiger partial charge in [0.1, 0.15) is 11.5 Å². The van der Waals surface area contributed by atoms with Crippen molar-refractivity contribution < 1.29 is 23.2 Å². The molecule has 1 atom stereocenters. The average Bonchev–Trinajstić information content (AvgIpc) is 2.62. The number of aromatic hydroxyl groups is 2. The van der Waals surface area contributed by atoms with Gasteiger partial charge in [0, 0.05) is 37.8 Å². The number of benzene rings is 3. The van der Waals surface area contributed by atoms with Gasteiger partial charge >= 0.3 is 0 Å². The van der Waals surface area contributed by atoms with Gasteiger partial charge in [0.25, 0.3) is 10.1 Å². The Morgan fingerprint density at radius 2 is 1.34 bits per heavy atom. The highest BCUT2D eigenvalue weighted by Crippen LogP contribution is 2.53. The lowest BCUT2D eigenvalue weighted by molar-refractivity contribution is 0.439. The molecule has 1 unspecified atom stereocenters. The zero-order valence-electron chi connectivity index (χ0n) is 14.3. The summed E-state index contributed by atoms with van der Waals surface area (Å²) in [5.41, 5.74) is -0.785. The Balaban J connectivity index is 2.68. The van der Waals surface area contributed by atoms with Crippen molar-refractivity contribution >= 4 is 56.5 Å². The number of hydrogen-bond donors (Lipinski definition) is 3. The van der Waals surface area contributed by atoms with Crippen LogP contribution in [0.5, 0.6) is 11.5 Å². The number of phenols is 2. The summed E-state index contributed by atoms with van der Waals surface area (Å²) in [5.74, 6) is -1.04. The number of rotatable bonds is 4. The quantitative estimate of drug-likeness (QED) is 0.311. The molecular weight excluding hydrogens is 482 g/mol. The van der Waals surface area contributed by atoms with Crippen molar-refractivity contribution in [1.29, 1.82) is 0 Å². The first kappa shape index (κ1) is 22.0. The first-order valence-corrected chi connectivity index (χ1v) is 10.8. The third-order valence-electron chi connectivity index (χ3n) is 4.38. The van der Waals surface area contributed by atoms with Crippen LogP contribution in [0.25, 0.3) is 0 Å². The van der Waals surface area contributed by atoms with Crippen LogP contribution in [-0.2, 0) is 14.9 Å². The van der Waals surface area contributed by atoms with E-state index >= 15 is 0 Å². The summed E-state index contributed by atoms with van der Waals surface area (Å²) in [7, 11) is -5.16. The van der Waals surface area contributed by atoms with Crippen molar-refractivity contribution in [1.82, 2.24) is 0 Å². The Hall–Kier alpha value is -1.67. The van der Waals surface area contributed by atoms with Crippen LogP contribution in [0.1, 0.15) is 16.7 Å². The molecule has 0 radical (unpaired) electrons. The van der Waals surface area contributed by atoms with E-state index in [0.717, 1.165) is 24.3 Å². The third kappa shape index (κ3) is 3.65. The van der Waals surface area contributed by atoms with E-state index in [1.54, 1.807) is 6.07 Å². The van der Waals surface area contributed by atoms with Gasteiger partial charge in [-0.2, -0.15) is 8.42 Å². The van der Waals surface area contributed by atoms with E-state index in [9.17, 15) is 23.2 Å². The fraction of sp³-hybridized carbons (Fsp3) is 0.0526. The van der Waals surface area contributed by atoms with Crippen molar-refractivity contribution in [3.05, 3.63) is 91.4 Å². The van der Waals surface area contributed by atoms with Crippen molar-refractivity contribution in [3.8, 4) is 11.5 Å². The first-order valence-electron chi connectivity index (χ1n) is 7.89. The molecule has 0 fully saturated rings. The lowest BCUT2D eigenvalue weighted by Gasteiger charge is -2.34. The zero-order valence-corrected chi connectivity index (χ0v) is 18.1. The Kier molecular flexibility index (Phi) is 5.98. The van der Waals surface area contributed by atoms with E-state index in [2.05, 4.69) is 0 Å². The average molecular weight is 494 g/mol. The fourth-order valence-electron chi connectivity index (χ4n) is 3.22. The highest BCUT2D eigenvalue weighted by atomic mass is 35.5. The summed E-state index contributed by atoms with van der Waals surface area (Å²) in [6.07, 6.45) is 0. The number of phenolic OH excluding ortho intramolecular Hbond substituents is 2. The summed E-state index contributed by atoms with van der Waals surface area (Å²) in [6.45, 7) is 0. The van der Waals surface area contributed by atoms with Crippen LogP contribution in [0.3, 0.4) is 0 Å². The lowest BCUT2D eigenvalue weighted by atomic mass is 9.83. The predicted octanol–water partition coefficient (Wildman–Crippen LogP) is 5.89. The van der Waals surface area contributed by atoms with E-state index < -0.39 is 31.4 Å². The van der Waals surface area contributed by atoms with Crippen molar-refractivity contribution in [3.63, 3.8) is 0 Å². The maximum atomic E-state index is 13.0. The first-order chi connectivity index (χ1) is 13.5. The van der Waals surface area contributed by atoms with Gasteiger partial charge in [0.05, 0.1) is 5.02 Å². The van der Waals surface area contributed by atoms with Gasteiger partial charge < -0.3 is 10.2 Å². The van der Waals surface area contributed by atoms with E-state index in [-0.39, 0.29) is 31.8 Å². The molecule has 0 bridgehead atoms. The topological polar surface area (TPSA) is 94.8 Å². The van der Waals surface area contributed by atoms with Gasteiger partial charge in [-0.3, -0.25) is 4.55 Å². The summed E-state index contributed by atoms with van der Waals surface area (Å²) >= 11 is 24.7. The Morgan fingerprint density at radius 3 is 1.97 bits per heavy atom. The van der Waals surface area contributed by atoms with Crippen LogP contribution in [-0.4, -0.2) is 23.2 Å². The maximum Gasteiger partial charge on any atom is 0.283 e. The molecule has 3 N–H and O–H groups in total. The van der Waals surface area contributed by atoms with Crippen molar-refractivity contribution in [2.75, 3.05) is 0 Å². The summed E-state index contributed by atoms with van der Waals surface area (Å²) in [5, 5.41) is 20.3. The van der Waals surface area contributed by atoms with Gasteiger partial charge in [-0.25, -0.2) is 0 Å². The minimum Gasteiger partial charge on any atom is -0.508 e. The van der Waals surface area contributed by atoms with Crippen molar-refractivity contribution in [2.45, 2.75) is 4.75 Å². The van der Waals surface area contributed by atoms with E-state index in [1.165, 1.54) is 24.3 Å². The molecule has 3 rings (SSSR count). The van der Waals surface area contributed by atoms with Crippen LogP contribution < -0.4 is 0 Å². The molecule has 0 spiro atoms. The molecule has 29 heavy (non-hydrogen) atoms. The molecule has 0 saturated heterocycles. The van der Waals surface area contributed by atoms with Gasteiger partial charge in [-0.05, 0) is 30.3 Å². The molecule has 10 heteroatoms. The normalized spacial score (nSPS) is 13.8. The maximum absolute atomic E-state index is 13.0. The van der Waals surface area contributed by atoms with E-state index in [1.807, 2.05) is 0 Å². The molecule has 5 nitrogen and oxygen atoms in total. The van der Waals surface area contributed by atoms with E-state index in [0.29, 0.717) is 0 Å². The second kappa shape index (κ2) is 7.87. The van der Waals surface area contributed by atoms with Gasteiger partial charge in [0.15, 0.2) is 4.75 Å². The smallest absolute Gasteiger partial charge is 0.283 e. The highest BCUT2D eigenvalue weighted by Gasteiger charge is 2.52. The third-order valence-corrected chi connectivity index (χ3v) is 6.99. The van der Waals surface area contributed by atoms with Crippen LogP contribution in [0, 0.1) is 0 Å². The SMILES string of the molecule is O=S(=O)(O)C(c1cc(Cl)ccc1O)(c1ccccc1Cl)c1cc(Cl)cc(O)c1Cl. The lowest BCUT2D eigenvalue weighted by Crippen LogP contribution is -2.39. The van der Waals surface area contributed by atoms with Crippen LogP contribution in [0.15, 0.2) is 54.6 Å². The largest absolute Gasteiger partial charge is 0.508 e. The minimum atomic E-state index is -5.16. The van der Waals surface area contributed by atoms with Crippen LogP contribution in [0.4, 0.5) is 0 Å². The van der Waals surface area contributed by atoms with E-state index in [4.69, 9.17) is 46.4 Å². The molecular formula is C19H12Cl4O5S. The van der Waals surface area contributed by atoms with Crippen molar-refractivity contribution in [2.24, 2.45) is 0 Å². The molecule has 3 aromatic carbocycles. The second-order valence-corrected chi connectivity index (χ2v) is 9.30. The monoisotopic (exact) mass is 492 g/mol. The number of hydrogen-bond acceptors (Lipinski definition) is 4. The Labute approximate surface area is 186 Å². The highest BCUT2D eigenvalue weighted by molar-refractivity contribution is 7.87. The molecule has 0 heterocycles. The fourth-order valence-corrected chi connectivity index (χ4v) is 5.58.